The Kier molecular flexibility index (Phi) is 7.58. The van der Waals surface area contributed by atoms with Gasteiger partial charge in [-0.2, -0.15) is 4.31 Å². The Hall–Kier alpha value is -0.370. The molecule has 0 aromatic heterocycles. The molecule has 3 atom stereocenters. The van der Waals surface area contributed by atoms with Crippen molar-refractivity contribution < 1.29 is 17.9 Å². The maximum Gasteiger partial charge on any atom is 0.310 e. The van der Waals surface area contributed by atoms with Crippen LogP contribution >= 0.6 is 12.4 Å². The fourth-order valence-electron chi connectivity index (χ4n) is 3.63. The minimum Gasteiger partial charge on any atom is -0.469 e. The first-order valence-corrected chi connectivity index (χ1v) is 9.25. The molecule has 1 saturated carbocycles. The number of nitrogens with zero attached hydrogens (tertiary/aromatic N) is 1. The Morgan fingerprint density at radius 3 is 2.55 bits per heavy atom. The summed E-state index contributed by atoms with van der Waals surface area (Å²) in [6.07, 6.45) is 4.70. The molecule has 2 fully saturated rings. The molecule has 8 heteroatoms. The molecule has 0 aromatic rings. The SMILES string of the molecule is CNCC1CCCN1S(=O)(=O)C1CCCCC1C(=O)OC.Cl. The van der Waals surface area contributed by atoms with Crippen LogP contribution in [0.15, 0.2) is 0 Å². The van der Waals surface area contributed by atoms with Crippen molar-refractivity contribution in [2.24, 2.45) is 5.92 Å². The van der Waals surface area contributed by atoms with Gasteiger partial charge in [0.05, 0.1) is 18.3 Å². The highest BCUT2D eigenvalue weighted by Gasteiger charge is 2.45. The smallest absolute Gasteiger partial charge is 0.310 e. The summed E-state index contributed by atoms with van der Waals surface area (Å²) in [5.41, 5.74) is 0. The van der Waals surface area contributed by atoms with Crippen LogP contribution < -0.4 is 5.32 Å². The Balaban J connectivity index is 0.00000242. The van der Waals surface area contributed by atoms with Gasteiger partial charge in [0, 0.05) is 19.1 Å². The zero-order valence-corrected chi connectivity index (χ0v) is 14.9. The van der Waals surface area contributed by atoms with E-state index in [2.05, 4.69) is 5.32 Å². The topological polar surface area (TPSA) is 75.7 Å². The molecule has 1 N–H and O–H groups in total. The molecule has 0 aromatic carbocycles. The van der Waals surface area contributed by atoms with Crippen molar-refractivity contribution in [2.45, 2.75) is 49.8 Å². The van der Waals surface area contributed by atoms with Crippen molar-refractivity contribution in [1.29, 1.82) is 0 Å². The molecule has 6 nitrogen and oxygen atoms in total. The second-order valence-electron chi connectivity index (χ2n) is 5.96. The van der Waals surface area contributed by atoms with Crippen LogP contribution in [0.25, 0.3) is 0 Å². The van der Waals surface area contributed by atoms with Gasteiger partial charge < -0.3 is 10.1 Å². The van der Waals surface area contributed by atoms with Gasteiger partial charge in [-0.15, -0.1) is 12.4 Å². The number of likely N-dealkylation sites (N-methyl/N-ethyl adjacent to an activating group) is 1. The highest BCUT2D eigenvalue weighted by atomic mass is 35.5. The molecule has 1 heterocycles. The lowest BCUT2D eigenvalue weighted by Crippen LogP contribution is -2.49. The molecule has 22 heavy (non-hydrogen) atoms. The first-order chi connectivity index (χ1) is 10.0. The van der Waals surface area contributed by atoms with E-state index < -0.39 is 21.2 Å². The number of hydrogen-bond acceptors (Lipinski definition) is 5. The van der Waals surface area contributed by atoms with Gasteiger partial charge in [0.25, 0.3) is 0 Å². The highest BCUT2D eigenvalue weighted by molar-refractivity contribution is 7.89. The summed E-state index contributed by atoms with van der Waals surface area (Å²) in [6, 6.07) is 0.0141. The number of rotatable bonds is 5. The lowest BCUT2D eigenvalue weighted by Gasteiger charge is -2.34. The summed E-state index contributed by atoms with van der Waals surface area (Å²) in [6.45, 7) is 1.23. The third kappa shape index (κ3) is 3.93. The largest absolute Gasteiger partial charge is 0.469 e. The molecule has 1 aliphatic heterocycles. The Morgan fingerprint density at radius 2 is 1.91 bits per heavy atom. The third-order valence-corrected chi connectivity index (χ3v) is 7.14. The number of hydrogen-bond donors (Lipinski definition) is 1. The van der Waals surface area contributed by atoms with Gasteiger partial charge in [0.15, 0.2) is 0 Å². The van der Waals surface area contributed by atoms with E-state index in [1.807, 2.05) is 7.05 Å². The quantitative estimate of drug-likeness (QED) is 0.750. The molecule has 3 unspecified atom stereocenters. The predicted octanol–water partition coefficient (Wildman–Crippen LogP) is 1.15. The number of carbonyl (C=O) groups is 1. The molecule has 2 aliphatic rings. The summed E-state index contributed by atoms with van der Waals surface area (Å²) >= 11 is 0. The summed E-state index contributed by atoms with van der Waals surface area (Å²) < 4.78 is 32.4. The molecule has 0 amide bonds. The van der Waals surface area contributed by atoms with Gasteiger partial charge in [-0.3, -0.25) is 4.79 Å². The van der Waals surface area contributed by atoms with Crippen molar-refractivity contribution >= 4 is 28.4 Å². The van der Waals surface area contributed by atoms with Crippen molar-refractivity contribution in [3.8, 4) is 0 Å². The normalized spacial score (nSPS) is 29.8. The van der Waals surface area contributed by atoms with Crippen LogP contribution in [-0.4, -0.2) is 57.2 Å². The van der Waals surface area contributed by atoms with Crippen LogP contribution in [0.2, 0.25) is 0 Å². The van der Waals surface area contributed by atoms with Crippen molar-refractivity contribution in [2.75, 3.05) is 27.2 Å². The number of esters is 1. The first-order valence-electron chi connectivity index (χ1n) is 7.75. The summed E-state index contributed by atoms with van der Waals surface area (Å²) in [5.74, 6) is -0.891. The van der Waals surface area contributed by atoms with Gasteiger partial charge in [-0.25, -0.2) is 8.42 Å². The van der Waals surface area contributed by atoms with E-state index in [0.29, 0.717) is 25.9 Å². The van der Waals surface area contributed by atoms with Crippen LogP contribution in [0, 0.1) is 5.92 Å². The van der Waals surface area contributed by atoms with Crippen molar-refractivity contribution in [1.82, 2.24) is 9.62 Å². The van der Waals surface area contributed by atoms with Gasteiger partial charge in [0.1, 0.15) is 0 Å². The van der Waals surface area contributed by atoms with Crippen LogP contribution in [0.1, 0.15) is 38.5 Å². The predicted molar refractivity (Wildman–Crippen MR) is 87.6 cm³/mol. The number of nitrogens with one attached hydrogen (secondary N) is 1. The van der Waals surface area contributed by atoms with E-state index in [-0.39, 0.29) is 24.4 Å². The minimum atomic E-state index is -3.44. The second-order valence-corrected chi connectivity index (χ2v) is 8.07. The highest BCUT2D eigenvalue weighted by Crippen LogP contribution is 2.34. The number of ether oxygens (including phenoxy) is 1. The zero-order chi connectivity index (χ0) is 15.5. The Labute approximate surface area is 139 Å². The fourth-order valence-corrected chi connectivity index (χ4v) is 6.09. The van der Waals surface area contributed by atoms with Gasteiger partial charge in [-0.1, -0.05) is 12.8 Å². The van der Waals surface area contributed by atoms with E-state index in [9.17, 15) is 13.2 Å². The van der Waals surface area contributed by atoms with E-state index in [4.69, 9.17) is 4.74 Å². The van der Waals surface area contributed by atoms with Crippen LogP contribution in [0.5, 0.6) is 0 Å². The molecule has 2 rings (SSSR count). The fraction of sp³-hybridized carbons (Fsp3) is 0.929. The minimum absolute atomic E-state index is 0. The number of halogens is 1. The molecule has 1 aliphatic carbocycles. The summed E-state index contributed by atoms with van der Waals surface area (Å²) in [7, 11) is -0.277. The van der Waals surface area contributed by atoms with Crippen molar-refractivity contribution in [3.63, 3.8) is 0 Å². The standard InChI is InChI=1S/C14H26N2O4S.ClH/c1-15-10-11-6-5-9-16(11)21(18,19)13-8-4-3-7-12(13)14(17)20-2;/h11-13,15H,3-10H2,1-2H3;1H. The maximum absolute atomic E-state index is 13.0. The molecular weight excluding hydrogens is 328 g/mol. The van der Waals surface area contributed by atoms with E-state index in [1.54, 1.807) is 4.31 Å². The zero-order valence-electron chi connectivity index (χ0n) is 13.3. The Bertz CT molecular complexity index is 471. The van der Waals surface area contributed by atoms with E-state index >= 15 is 0 Å². The monoisotopic (exact) mass is 354 g/mol. The average molecular weight is 355 g/mol. The molecule has 0 bridgehead atoms. The number of methoxy groups -OCH3 is 1. The average Bonchev–Trinajstić information content (AvgIpc) is 2.96. The van der Waals surface area contributed by atoms with Crippen LogP contribution in [0.3, 0.4) is 0 Å². The lowest BCUT2D eigenvalue weighted by molar-refractivity contribution is -0.146. The molecule has 1 saturated heterocycles. The van der Waals surface area contributed by atoms with Gasteiger partial charge in [0.2, 0.25) is 10.0 Å². The molecule has 130 valence electrons. The summed E-state index contributed by atoms with van der Waals surface area (Å²) in [5, 5.41) is 2.45. The molecule has 0 spiro atoms. The van der Waals surface area contributed by atoms with Crippen LogP contribution in [0.4, 0.5) is 0 Å². The maximum atomic E-state index is 13.0. The van der Waals surface area contributed by atoms with E-state index in [1.165, 1.54) is 7.11 Å². The first kappa shape index (κ1) is 19.7. The van der Waals surface area contributed by atoms with Gasteiger partial charge >= 0.3 is 5.97 Å². The summed E-state index contributed by atoms with van der Waals surface area (Å²) in [4.78, 5) is 11.9. The Morgan fingerprint density at radius 1 is 1.23 bits per heavy atom. The van der Waals surface area contributed by atoms with Gasteiger partial charge in [-0.05, 0) is 32.7 Å². The third-order valence-electron chi connectivity index (χ3n) is 4.68. The number of sulfonamides is 1. The lowest BCUT2D eigenvalue weighted by atomic mass is 9.89. The molecule has 0 radical (unpaired) electrons. The number of carbonyl (C=O) groups excluding carboxylic acids is 1. The van der Waals surface area contributed by atoms with Crippen molar-refractivity contribution in [3.05, 3.63) is 0 Å². The molecular formula is C14H27ClN2O4S. The van der Waals surface area contributed by atoms with E-state index in [0.717, 1.165) is 25.7 Å². The second kappa shape index (κ2) is 8.47. The van der Waals surface area contributed by atoms with Crippen LogP contribution in [-0.2, 0) is 19.6 Å².